The zero-order valence-electron chi connectivity index (χ0n) is 12.7. The minimum Gasteiger partial charge on any atom is -0.465 e. The minimum atomic E-state index is -0.361. The Balaban J connectivity index is 0.000000956. The molecular weight excluding hydrogens is 256 g/mol. The SMILES string of the molecule is CC.COC(=O)c1ccc(N2CCC(O)CC2)nc1C. The quantitative estimate of drug-likeness (QED) is 0.841. The normalized spacial score (nSPS) is 15.3. The van der Waals surface area contributed by atoms with Crippen molar-refractivity contribution >= 4 is 11.8 Å². The Morgan fingerprint density at radius 2 is 1.95 bits per heavy atom. The van der Waals surface area contributed by atoms with Crippen molar-refractivity contribution in [3.05, 3.63) is 23.4 Å². The number of aliphatic hydroxyl groups excluding tert-OH is 1. The molecule has 1 fully saturated rings. The van der Waals surface area contributed by atoms with Gasteiger partial charge < -0.3 is 14.7 Å². The number of nitrogens with zero attached hydrogens (tertiary/aromatic N) is 2. The van der Waals surface area contributed by atoms with E-state index in [1.807, 2.05) is 19.9 Å². The van der Waals surface area contributed by atoms with Crippen LogP contribution in [0.15, 0.2) is 12.1 Å². The van der Waals surface area contributed by atoms with Crippen molar-refractivity contribution in [1.82, 2.24) is 4.98 Å². The fourth-order valence-electron chi connectivity index (χ4n) is 2.14. The molecule has 112 valence electrons. The summed E-state index contributed by atoms with van der Waals surface area (Å²) in [6, 6.07) is 3.57. The predicted molar refractivity (Wildman–Crippen MR) is 79.1 cm³/mol. The first-order chi connectivity index (χ1) is 9.61. The Labute approximate surface area is 120 Å². The molecule has 20 heavy (non-hydrogen) atoms. The van der Waals surface area contributed by atoms with Gasteiger partial charge in [0.1, 0.15) is 5.82 Å². The number of hydrogen-bond donors (Lipinski definition) is 1. The largest absolute Gasteiger partial charge is 0.465 e. The topological polar surface area (TPSA) is 62.7 Å². The summed E-state index contributed by atoms with van der Waals surface area (Å²) < 4.78 is 4.69. The Morgan fingerprint density at radius 1 is 1.35 bits per heavy atom. The van der Waals surface area contributed by atoms with Crippen molar-refractivity contribution < 1.29 is 14.6 Å². The predicted octanol–water partition coefficient (Wildman–Crippen LogP) is 2.16. The number of esters is 1. The number of methoxy groups -OCH3 is 1. The lowest BCUT2D eigenvalue weighted by molar-refractivity contribution is 0.0599. The second kappa shape index (κ2) is 7.85. The van der Waals surface area contributed by atoms with Crippen LogP contribution in [0.2, 0.25) is 0 Å². The lowest BCUT2D eigenvalue weighted by Gasteiger charge is -2.30. The lowest BCUT2D eigenvalue weighted by atomic mass is 10.1. The number of piperidine rings is 1. The van der Waals surface area contributed by atoms with Crippen LogP contribution in [0.1, 0.15) is 42.7 Å². The van der Waals surface area contributed by atoms with Crippen LogP contribution in [0.25, 0.3) is 0 Å². The smallest absolute Gasteiger partial charge is 0.339 e. The number of hydrogen-bond acceptors (Lipinski definition) is 5. The fraction of sp³-hybridized carbons (Fsp3) is 0.600. The number of anilines is 1. The molecule has 1 aliphatic heterocycles. The highest BCUT2D eigenvalue weighted by atomic mass is 16.5. The highest BCUT2D eigenvalue weighted by Crippen LogP contribution is 2.20. The highest BCUT2D eigenvalue weighted by Gasteiger charge is 2.19. The molecule has 2 heterocycles. The highest BCUT2D eigenvalue weighted by molar-refractivity contribution is 5.90. The number of carbonyl (C=O) groups excluding carboxylic acids is 1. The number of aryl methyl sites for hydroxylation is 1. The van der Waals surface area contributed by atoms with Gasteiger partial charge in [-0.25, -0.2) is 9.78 Å². The molecule has 0 spiro atoms. The van der Waals surface area contributed by atoms with Crippen molar-refractivity contribution in [3.8, 4) is 0 Å². The second-order valence-corrected chi connectivity index (χ2v) is 4.51. The van der Waals surface area contributed by atoms with Crippen molar-refractivity contribution in [2.75, 3.05) is 25.1 Å². The average molecular weight is 280 g/mol. The van der Waals surface area contributed by atoms with E-state index in [4.69, 9.17) is 4.74 Å². The summed E-state index contributed by atoms with van der Waals surface area (Å²) in [5, 5.41) is 9.47. The number of rotatable bonds is 2. The molecule has 1 N–H and O–H groups in total. The van der Waals surface area contributed by atoms with Crippen LogP contribution >= 0.6 is 0 Å². The van der Waals surface area contributed by atoms with Crippen molar-refractivity contribution in [2.24, 2.45) is 0 Å². The van der Waals surface area contributed by atoms with Gasteiger partial charge in [0, 0.05) is 13.1 Å². The van der Waals surface area contributed by atoms with E-state index in [0.29, 0.717) is 11.3 Å². The van der Waals surface area contributed by atoms with Crippen LogP contribution in [0, 0.1) is 6.92 Å². The van der Waals surface area contributed by atoms with Crippen LogP contribution < -0.4 is 4.90 Å². The first-order valence-corrected chi connectivity index (χ1v) is 7.11. The molecule has 1 aliphatic rings. The monoisotopic (exact) mass is 280 g/mol. The minimum absolute atomic E-state index is 0.198. The molecule has 5 heteroatoms. The third-order valence-electron chi connectivity index (χ3n) is 3.26. The summed E-state index contributed by atoms with van der Waals surface area (Å²) in [5.74, 6) is 0.493. The third-order valence-corrected chi connectivity index (χ3v) is 3.26. The molecular formula is C15H24N2O3. The summed E-state index contributed by atoms with van der Waals surface area (Å²) in [6.07, 6.45) is 1.33. The molecule has 0 aromatic carbocycles. The van der Waals surface area contributed by atoms with E-state index in [0.717, 1.165) is 31.7 Å². The zero-order valence-corrected chi connectivity index (χ0v) is 12.7. The molecule has 0 unspecified atom stereocenters. The summed E-state index contributed by atoms with van der Waals surface area (Å²) in [7, 11) is 1.36. The zero-order chi connectivity index (χ0) is 15.1. The molecule has 2 rings (SSSR count). The van der Waals surface area contributed by atoms with Gasteiger partial charge in [0.25, 0.3) is 0 Å². The van der Waals surface area contributed by atoms with Crippen LogP contribution in [-0.2, 0) is 4.74 Å². The Kier molecular flexibility index (Phi) is 6.45. The molecule has 0 saturated carbocycles. The van der Waals surface area contributed by atoms with Gasteiger partial charge >= 0.3 is 5.97 Å². The summed E-state index contributed by atoms with van der Waals surface area (Å²) in [6.45, 7) is 7.39. The van der Waals surface area contributed by atoms with Gasteiger partial charge in [-0.1, -0.05) is 13.8 Å². The Hall–Kier alpha value is -1.62. The lowest BCUT2D eigenvalue weighted by Crippen LogP contribution is -2.36. The van der Waals surface area contributed by atoms with E-state index in [2.05, 4.69) is 9.88 Å². The maximum absolute atomic E-state index is 11.5. The van der Waals surface area contributed by atoms with E-state index < -0.39 is 0 Å². The maximum atomic E-state index is 11.5. The van der Waals surface area contributed by atoms with Crippen molar-refractivity contribution in [2.45, 2.75) is 39.7 Å². The number of pyridine rings is 1. The van der Waals surface area contributed by atoms with Crippen LogP contribution in [0.3, 0.4) is 0 Å². The first-order valence-electron chi connectivity index (χ1n) is 7.11. The number of ether oxygens (including phenoxy) is 1. The van der Waals surface area contributed by atoms with Gasteiger partial charge in [-0.2, -0.15) is 0 Å². The van der Waals surface area contributed by atoms with Gasteiger partial charge in [-0.3, -0.25) is 0 Å². The summed E-state index contributed by atoms with van der Waals surface area (Å²) >= 11 is 0. The molecule has 0 radical (unpaired) electrons. The van der Waals surface area contributed by atoms with Crippen molar-refractivity contribution in [3.63, 3.8) is 0 Å². The average Bonchev–Trinajstić information content (AvgIpc) is 2.49. The molecule has 0 bridgehead atoms. The van der Waals surface area contributed by atoms with E-state index in [1.54, 1.807) is 13.0 Å². The summed E-state index contributed by atoms with van der Waals surface area (Å²) in [4.78, 5) is 18.0. The van der Waals surface area contributed by atoms with E-state index in [9.17, 15) is 9.90 Å². The van der Waals surface area contributed by atoms with Crippen LogP contribution in [0.5, 0.6) is 0 Å². The molecule has 1 aromatic heterocycles. The Bertz CT molecular complexity index is 441. The number of carbonyl (C=O) groups is 1. The standard InChI is InChI=1S/C13H18N2O3.C2H6/c1-9-11(13(17)18-2)3-4-12(14-9)15-7-5-10(16)6-8-15;1-2/h3-4,10,16H,5-8H2,1-2H3;1-2H3. The third kappa shape index (κ3) is 3.93. The number of aromatic nitrogens is 1. The molecule has 0 atom stereocenters. The van der Waals surface area contributed by atoms with Gasteiger partial charge in [0.2, 0.25) is 0 Å². The van der Waals surface area contributed by atoms with Crippen LogP contribution in [0.4, 0.5) is 5.82 Å². The van der Waals surface area contributed by atoms with Gasteiger partial charge in [-0.15, -0.1) is 0 Å². The second-order valence-electron chi connectivity index (χ2n) is 4.51. The Morgan fingerprint density at radius 3 is 2.45 bits per heavy atom. The molecule has 0 aliphatic carbocycles. The molecule has 5 nitrogen and oxygen atoms in total. The van der Waals surface area contributed by atoms with E-state index >= 15 is 0 Å². The van der Waals surface area contributed by atoms with E-state index in [1.165, 1.54) is 7.11 Å². The molecule has 1 aromatic rings. The molecule has 1 saturated heterocycles. The van der Waals surface area contributed by atoms with E-state index in [-0.39, 0.29) is 12.1 Å². The van der Waals surface area contributed by atoms with Crippen molar-refractivity contribution in [1.29, 1.82) is 0 Å². The first kappa shape index (κ1) is 16.4. The fourth-order valence-corrected chi connectivity index (χ4v) is 2.14. The number of aliphatic hydroxyl groups is 1. The maximum Gasteiger partial charge on any atom is 0.339 e. The van der Waals surface area contributed by atoms with Gasteiger partial charge in [-0.05, 0) is 31.9 Å². The molecule has 0 amide bonds. The van der Waals surface area contributed by atoms with Crippen LogP contribution in [-0.4, -0.2) is 42.4 Å². The van der Waals surface area contributed by atoms with Gasteiger partial charge in [0.05, 0.1) is 24.5 Å². The summed E-state index contributed by atoms with van der Waals surface area (Å²) in [5.41, 5.74) is 1.17. The van der Waals surface area contributed by atoms with Gasteiger partial charge in [0.15, 0.2) is 0 Å².